The number of nitrogens with zero attached hydrogens (tertiary/aromatic N) is 4. The van der Waals surface area contributed by atoms with Crippen LogP contribution in [0, 0.1) is 0 Å². The molecule has 0 bridgehead atoms. The number of benzene rings is 1. The Hall–Kier alpha value is -2.15. The van der Waals surface area contributed by atoms with Crippen molar-refractivity contribution in [3.8, 4) is 21.7 Å². The molecule has 186 valence electrons. The van der Waals surface area contributed by atoms with E-state index in [1.807, 2.05) is 0 Å². The third kappa shape index (κ3) is 6.71. The Morgan fingerprint density at radius 3 is 2.59 bits per heavy atom. The molecule has 0 aliphatic heterocycles. The van der Waals surface area contributed by atoms with Crippen LogP contribution in [-0.4, -0.2) is 36.4 Å². The largest absolute Gasteiger partial charge is 0.469 e. The molecule has 0 amide bonds. The van der Waals surface area contributed by atoms with E-state index < -0.39 is 31.7 Å². The lowest BCUT2D eigenvalue weighted by atomic mass is 9.99. The predicted molar refractivity (Wildman–Crippen MR) is 121 cm³/mol. The van der Waals surface area contributed by atoms with Gasteiger partial charge in [-0.05, 0) is 25.0 Å². The first-order chi connectivity index (χ1) is 15.8. The fourth-order valence-electron chi connectivity index (χ4n) is 3.16. The van der Waals surface area contributed by atoms with Gasteiger partial charge in [-0.1, -0.05) is 43.2 Å². The molecule has 0 radical (unpaired) electrons. The van der Waals surface area contributed by atoms with Gasteiger partial charge in [-0.25, -0.2) is 4.57 Å². The van der Waals surface area contributed by atoms with Gasteiger partial charge in [0.25, 0.3) is 0 Å². The molecular weight excluding hydrogens is 494 g/mol. The Labute approximate surface area is 198 Å². The van der Waals surface area contributed by atoms with Gasteiger partial charge in [-0.2, -0.15) is 18.3 Å². The summed E-state index contributed by atoms with van der Waals surface area (Å²) in [5, 5.41) is 12.3. The van der Waals surface area contributed by atoms with E-state index in [4.69, 9.17) is 15.5 Å². The maximum absolute atomic E-state index is 13.9. The quantitative estimate of drug-likeness (QED) is 0.262. The number of nitrogens with two attached hydrogens (primary N) is 1. The monoisotopic (exact) mass is 519 g/mol. The summed E-state index contributed by atoms with van der Waals surface area (Å²) in [6.45, 7) is 3.57. The highest BCUT2D eigenvalue weighted by Gasteiger charge is 2.35. The molecule has 0 saturated heterocycles. The lowest BCUT2D eigenvalue weighted by molar-refractivity contribution is -0.137. The first kappa shape index (κ1) is 26.5. The molecule has 4 N–H and O–H groups in total. The summed E-state index contributed by atoms with van der Waals surface area (Å²) in [4.78, 5) is 17.8. The Bertz CT molecular complexity index is 1180. The van der Waals surface area contributed by atoms with Gasteiger partial charge in [-0.15, -0.1) is 10.2 Å². The highest BCUT2D eigenvalue weighted by atomic mass is 32.1. The van der Waals surface area contributed by atoms with Crippen LogP contribution in [0.4, 0.5) is 13.2 Å². The molecule has 0 unspecified atom stereocenters. The Morgan fingerprint density at radius 2 is 1.94 bits per heavy atom. The van der Waals surface area contributed by atoms with Gasteiger partial charge in [0, 0.05) is 23.9 Å². The maximum atomic E-state index is 13.9. The van der Waals surface area contributed by atoms with Gasteiger partial charge in [0.2, 0.25) is 0 Å². The lowest BCUT2D eigenvalue weighted by Crippen LogP contribution is -2.37. The van der Waals surface area contributed by atoms with Crippen molar-refractivity contribution in [1.82, 2.24) is 20.0 Å². The van der Waals surface area contributed by atoms with Crippen LogP contribution in [0.1, 0.15) is 43.7 Å². The van der Waals surface area contributed by atoms with E-state index in [-0.39, 0.29) is 21.1 Å². The zero-order valence-electron chi connectivity index (χ0n) is 18.5. The van der Waals surface area contributed by atoms with Crippen LogP contribution in [0.2, 0.25) is 0 Å². The molecule has 0 aliphatic carbocycles. The Morgan fingerprint density at radius 1 is 1.21 bits per heavy atom. The molecule has 2 heterocycles. The van der Waals surface area contributed by atoms with Crippen molar-refractivity contribution < 1.29 is 32.0 Å². The van der Waals surface area contributed by atoms with E-state index in [1.165, 1.54) is 25.3 Å². The summed E-state index contributed by atoms with van der Waals surface area (Å²) in [5.74, 6) is 0. The molecular formula is C20H25F3N5O4PS. The topological polar surface area (TPSA) is 136 Å². The van der Waals surface area contributed by atoms with Gasteiger partial charge in [0.1, 0.15) is 10.0 Å². The average Bonchev–Trinajstić information content (AvgIpc) is 3.42. The van der Waals surface area contributed by atoms with Crippen molar-refractivity contribution in [3.63, 3.8) is 0 Å². The molecule has 0 spiro atoms. The van der Waals surface area contributed by atoms with Crippen LogP contribution in [0.5, 0.6) is 0 Å². The van der Waals surface area contributed by atoms with Crippen molar-refractivity contribution in [2.24, 2.45) is 5.73 Å². The van der Waals surface area contributed by atoms with E-state index in [1.54, 1.807) is 10.9 Å². The normalized spacial score (nSPS) is 14.4. The van der Waals surface area contributed by atoms with Crippen LogP contribution in [0.15, 0.2) is 30.6 Å². The molecule has 14 heteroatoms. The van der Waals surface area contributed by atoms with E-state index in [0.29, 0.717) is 12.1 Å². The maximum Gasteiger partial charge on any atom is 0.469 e. The molecule has 3 aromatic rings. The van der Waals surface area contributed by atoms with Gasteiger partial charge in [0.05, 0.1) is 23.9 Å². The molecule has 9 nitrogen and oxygen atoms in total. The zero-order valence-corrected chi connectivity index (χ0v) is 20.2. The van der Waals surface area contributed by atoms with Gasteiger partial charge in [0.15, 0.2) is 0 Å². The molecule has 1 aromatic carbocycles. The smallest absolute Gasteiger partial charge is 0.318 e. The predicted octanol–water partition coefficient (Wildman–Crippen LogP) is 4.56. The number of rotatable bonds is 10. The minimum absolute atomic E-state index is 0.00133. The summed E-state index contributed by atoms with van der Waals surface area (Å²) in [7, 11) is -4.76. The van der Waals surface area contributed by atoms with Crippen molar-refractivity contribution >= 4 is 19.2 Å². The van der Waals surface area contributed by atoms with Crippen LogP contribution >= 0.6 is 19.2 Å². The van der Waals surface area contributed by atoms with Crippen LogP contribution in [-0.2, 0) is 27.3 Å². The average molecular weight is 519 g/mol. The summed E-state index contributed by atoms with van der Waals surface area (Å²) in [5.41, 5.74) is 4.33. The minimum Gasteiger partial charge on any atom is -0.318 e. The fraction of sp³-hybridized carbons (Fsp3) is 0.450. The van der Waals surface area contributed by atoms with Crippen LogP contribution in [0.3, 0.4) is 0 Å². The number of unbranched alkanes of at least 4 members (excludes halogenated alkanes) is 2. The van der Waals surface area contributed by atoms with Crippen LogP contribution < -0.4 is 5.73 Å². The molecule has 2 aromatic heterocycles. The van der Waals surface area contributed by atoms with E-state index >= 15 is 0 Å². The Balaban J connectivity index is 1.90. The van der Waals surface area contributed by atoms with Gasteiger partial charge >= 0.3 is 14.0 Å². The minimum atomic E-state index is -4.76. The summed E-state index contributed by atoms with van der Waals surface area (Å²) in [6.07, 6.45) is 1.32. The molecule has 0 aliphatic rings. The first-order valence-corrected chi connectivity index (χ1v) is 12.7. The van der Waals surface area contributed by atoms with Crippen LogP contribution in [0.25, 0.3) is 21.7 Å². The third-order valence-corrected chi connectivity index (χ3v) is 6.67. The lowest BCUT2D eigenvalue weighted by Gasteiger charge is -2.21. The molecule has 0 saturated carbocycles. The highest BCUT2D eigenvalue weighted by Crippen LogP contribution is 2.41. The second-order valence-corrected chi connectivity index (χ2v) is 10.3. The van der Waals surface area contributed by atoms with Crippen molar-refractivity contribution in [3.05, 3.63) is 41.2 Å². The number of halogens is 3. The fourth-order valence-corrected chi connectivity index (χ4v) is 4.48. The third-order valence-electron chi connectivity index (χ3n) is 4.95. The summed E-state index contributed by atoms with van der Waals surface area (Å²) >= 11 is 0.916. The molecule has 0 fully saturated rings. The van der Waals surface area contributed by atoms with Gasteiger partial charge < -0.3 is 15.5 Å². The number of hydrogen-bond acceptors (Lipinski definition) is 7. The molecule has 3 rings (SSSR count). The zero-order chi connectivity index (χ0) is 25.1. The number of aryl methyl sites for hydroxylation is 1. The number of hydrogen-bond donors (Lipinski definition) is 3. The summed E-state index contributed by atoms with van der Waals surface area (Å²) in [6, 6.07) is 3.86. The van der Waals surface area contributed by atoms with E-state index in [0.717, 1.165) is 36.7 Å². The number of phosphoric acid groups is 1. The standard InChI is InChI=1S/C20H25F3N5O4PS/c1-3-4-5-8-28-11-14(10-25-28)15-7-6-13(9-16(15)20(21,22)23)17-26-27-18(34-17)19(2,24)12-32-33(29,30)31/h6-7,9-11H,3-5,8,12,24H2,1-2H3,(H2,29,30,31)/t19-/m0/s1. The Kier molecular flexibility index (Phi) is 7.96. The molecule has 34 heavy (non-hydrogen) atoms. The number of alkyl halides is 3. The van der Waals surface area contributed by atoms with E-state index in [2.05, 4.69) is 26.7 Å². The number of phosphoric ester groups is 1. The van der Waals surface area contributed by atoms with Crippen molar-refractivity contribution in [2.75, 3.05) is 6.61 Å². The van der Waals surface area contributed by atoms with Crippen molar-refractivity contribution in [2.45, 2.75) is 51.4 Å². The molecule has 1 atom stereocenters. The second kappa shape index (κ2) is 10.2. The van der Waals surface area contributed by atoms with Crippen molar-refractivity contribution in [1.29, 1.82) is 0 Å². The second-order valence-electron chi connectivity index (χ2n) is 8.05. The highest BCUT2D eigenvalue weighted by molar-refractivity contribution is 7.46. The first-order valence-electron chi connectivity index (χ1n) is 10.4. The van der Waals surface area contributed by atoms with E-state index in [9.17, 15) is 17.7 Å². The van der Waals surface area contributed by atoms with Gasteiger partial charge in [-0.3, -0.25) is 9.21 Å². The SMILES string of the molecule is CCCCCn1cc(-c2ccc(-c3nnc([C@@](C)(N)COP(=O)(O)O)s3)cc2C(F)(F)F)cn1. The number of aromatic nitrogens is 4. The summed E-state index contributed by atoms with van der Waals surface area (Å²) < 4.78 is 58.8.